The van der Waals surface area contributed by atoms with Crippen molar-refractivity contribution in [2.24, 2.45) is 5.73 Å². The van der Waals surface area contributed by atoms with Crippen LogP contribution >= 0.6 is 12.4 Å². The van der Waals surface area contributed by atoms with Crippen LogP contribution in [0.25, 0.3) is 0 Å². The molecule has 0 amide bonds. The van der Waals surface area contributed by atoms with E-state index in [9.17, 15) is 0 Å². The van der Waals surface area contributed by atoms with Crippen LogP contribution in [0.1, 0.15) is 6.92 Å². The monoisotopic (exact) mass is 215 g/mol. The van der Waals surface area contributed by atoms with Gasteiger partial charge in [0.15, 0.2) is 17.1 Å². The average Bonchev–Trinajstić information content (AvgIpc) is 2.18. The molecule has 0 spiro atoms. The van der Waals surface area contributed by atoms with Crippen molar-refractivity contribution in [1.82, 2.24) is 0 Å². The van der Waals surface area contributed by atoms with Gasteiger partial charge in [0.25, 0.3) is 0 Å². The van der Waals surface area contributed by atoms with Gasteiger partial charge in [0.1, 0.15) is 6.61 Å². The molecule has 0 saturated carbocycles. The Kier molecular flexibility index (Phi) is 3.24. The average molecular weight is 216 g/mol. The van der Waals surface area contributed by atoms with E-state index >= 15 is 0 Å². The van der Waals surface area contributed by atoms with Gasteiger partial charge in [-0.3, -0.25) is 0 Å². The lowest BCUT2D eigenvalue weighted by Gasteiger charge is -2.34. The quantitative estimate of drug-likeness (QED) is 0.774. The van der Waals surface area contributed by atoms with Crippen LogP contribution in [-0.4, -0.2) is 18.8 Å². The Morgan fingerprint density at radius 3 is 2.64 bits per heavy atom. The second kappa shape index (κ2) is 4.07. The van der Waals surface area contributed by atoms with Gasteiger partial charge in [0, 0.05) is 6.54 Å². The van der Waals surface area contributed by atoms with Gasteiger partial charge in [0.05, 0.1) is 0 Å². The lowest BCUT2D eigenvalue weighted by molar-refractivity contribution is 0.0134. The summed E-state index contributed by atoms with van der Waals surface area (Å²) in [6.07, 6.45) is 0. The van der Waals surface area contributed by atoms with Crippen LogP contribution in [0.5, 0.6) is 11.5 Å². The highest BCUT2D eigenvalue weighted by molar-refractivity contribution is 5.85. The minimum absolute atomic E-state index is 0. The molecule has 4 heteroatoms. The molecule has 0 bridgehead atoms. The molecule has 1 aliphatic rings. The van der Waals surface area contributed by atoms with E-state index in [-0.39, 0.29) is 18.0 Å². The second-order valence-corrected chi connectivity index (χ2v) is 3.49. The van der Waals surface area contributed by atoms with Crippen LogP contribution in [0.15, 0.2) is 24.3 Å². The number of fused-ring (bicyclic) bond motifs is 1. The topological polar surface area (TPSA) is 44.5 Å². The number of nitrogens with two attached hydrogens (primary N) is 1. The minimum atomic E-state index is -0.381. The zero-order chi connectivity index (χ0) is 9.31. The highest BCUT2D eigenvalue weighted by Crippen LogP contribution is 2.34. The van der Waals surface area contributed by atoms with Crippen molar-refractivity contribution >= 4 is 12.4 Å². The summed E-state index contributed by atoms with van der Waals surface area (Å²) < 4.78 is 11.2. The number of hydrogen-bond acceptors (Lipinski definition) is 3. The molecule has 3 nitrogen and oxygen atoms in total. The van der Waals surface area contributed by atoms with Crippen molar-refractivity contribution in [2.75, 3.05) is 13.2 Å². The van der Waals surface area contributed by atoms with Crippen LogP contribution < -0.4 is 15.2 Å². The van der Waals surface area contributed by atoms with E-state index in [0.717, 1.165) is 11.5 Å². The summed E-state index contributed by atoms with van der Waals surface area (Å²) in [7, 11) is 0. The van der Waals surface area contributed by atoms with Crippen LogP contribution in [0.2, 0.25) is 0 Å². The van der Waals surface area contributed by atoms with E-state index in [4.69, 9.17) is 15.2 Å². The highest BCUT2D eigenvalue weighted by atomic mass is 35.5. The predicted molar refractivity (Wildman–Crippen MR) is 57.3 cm³/mol. The Labute approximate surface area is 89.6 Å². The van der Waals surface area contributed by atoms with Crippen molar-refractivity contribution < 1.29 is 9.47 Å². The van der Waals surface area contributed by atoms with Gasteiger partial charge in [-0.15, -0.1) is 12.4 Å². The molecule has 2 rings (SSSR count). The molecule has 1 aromatic carbocycles. The van der Waals surface area contributed by atoms with Crippen molar-refractivity contribution in [3.63, 3.8) is 0 Å². The van der Waals surface area contributed by atoms with Gasteiger partial charge < -0.3 is 15.2 Å². The normalized spacial score (nSPS) is 23.9. The summed E-state index contributed by atoms with van der Waals surface area (Å²) in [5.74, 6) is 1.58. The Bertz CT molecular complexity index is 319. The molecule has 0 aliphatic carbocycles. The summed E-state index contributed by atoms with van der Waals surface area (Å²) in [6.45, 7) is 2.92. The third-order valence-electron chi connectivity index (χ3n) is 2.17. The first kappa shape index (κ1) is 11.1. The molecule has 2 N–H and O–H groups in total. The molecule has 0 fully saturated rings. The first-order valence-corrected chi connectivity index (χ1v) is 4.34. The Hall–Kier alpha value is -0.930. The fourth-order valence-electron chi connectivity index (χ4n) is 1.28. The zero-order valence-corrected chi connectivity index (χ0v) is 8.84. The van der Waals surface area contributed by atoms with Gasteiger partial charge in [-0.05, 0) is 19.1 Å². The van der Waals surface area contributed by atoms with E-state index in [1.54, 1.807) is 0 Å². The third-order valence-corrected chi connectivity index (χ3v) is 2.17. The van der Waals surface area contributed by atoms with Crippen molar-refractivity contribution in [2.45, 2.75) is 12.5 Å². The van der Waals surface area contributed by atoms with Gasteiger partial charge in [-0.1, -0.05) is 12.1 Å². The number of hydrogen-bond donors (Lipinski definition) is 1. The maximum atomic E-state index is 5.72. The highest BCUT2D eigenvalue weighted by Gasteiger charge is 2.31. The van der Waals surface area contributed by atoms with Crippen LogP contribution in [-0.2, 0) is 0 Å². The number of rotatable bonds is 1. The number of ether oxygens (including phenoxy) is 2. The van der Waals surface area contributed by atoms with E-state index in [1.807, 2.05) is 31.2 Å². The fourth-order valence-corrected chi connectivity index (χ4v) is 1.28. The molecule has 0 radical (unpaired) electrons. The van der Waals surface area contributed by atoms with Crippen LogP contribution in [0.3, 0.4) is 0 Å². The van der Waals surface area contributed by atoms with Gasteiger partial charge in [-0.25, -0.2) is 0 Å². The lowest BCUT2D eigenvalue weighted by Crippen LogP contribution is -2.48. The SMILES string of the molecule is CC1(CN)COc2ccccc2O1.Cl. The maximum Gasteiger partial charge on any atom is 0.162 e. The van der Waals surface area contributed by atoms with E-state index in [0.29, 0.717) is 13.2 Å². The largest absolute Gasteiger partial charge is 0.485 e. The maximum absolute atomic E-state index is 5.72. The summed E-state index contributed by atoms with van der Waals surface area (Å²) in [5.41, 5.74) is 5.21. The molecule has 0 aromatic heterocycles. The molecular formula is C10H14ClNO2. The molecule has 14 heavy (non-hydrogen) atoms. The van der Waals surface area contributed by atoms with E-state index in [1.165, 1.54) is 0 Å². The van der Waals surface area contributed by atoms with Crippen LogP contribution in [0.4, 0.5) is 0 Å². The molecular weight excluding hydrogens is 202 g/mol. The van der Waals surface area contributed by atoms with Gasteiger partial charge in [0.2, 0.25) is 0 Å². The summed E-state index contributed by atoms with van der Waals surface area (Å²) in [4.78, 5) is 0. The molecule has 1 heterocycles. The van der Waals surface area contributed by atoms with Crippen molar-refractivity contribution in [3.05, 3.63) is 24.3 Å². The van der Waals surface area contributed by atoms with E-state index < -0.39 is 0 Å². The number of halogens is 1. The fraction of sp³-hybridized carbons (Fsp3) is 0.400. The zero-order valence-electron chi connectivity index (χ0n) is 8.03. The van der Waals surface area contributed by atoms with Gasteiger partial charge >= 0.3 is 0 Å². The van der Waals surface area contributed by atoms with Crippen LogP contribution in [0, 0.1) is 0 Å². The molecule has 1 aliphatic heterocycles. The Morgan fingerprint density at radius 1 is 1.36 bits per heavy atom. The molecule has 1 unspecified atom stereocenters. The predicted octanol–water partition coefficient (Wildman–Crippen LogP) is 1.60. The van der Waals surface area contributed by atoms with Gasteiger partial charge in [-0.2, -0.15) is 0 Å². The lowest BCUT2D eigenvalue weighted by atomic mass is 10.1. The smallest absolute Gasteiger partial charge is 0.162 e. The summed E-state index contributed by atoms with van der Waals surface area (Å²) in [6, 6.07) is 7.63. The first-order chi connectivity index (χ1) is 6.23. The molecule has 1 atom stereocenters. The number of benzene rings is 1. The second-order valence-electron chi connectivity index (χ2n) is 3.49. The third kappa shape index (κ3) is 1.94. The van der Waals surface area contributed by atoms with Crippen molar-refractivity contribution in [1.29, 1.82) is 0 Å². The Morgan fingerprint density at radius 2 is 2.00 bits per heavy atom. The van der Waals surface area contributed by atoms with E-state index in [2.05, 4.69) is 0 Å². The number of para-hydroxylation sites is 2. The first-order valence-electron chi connectivity index (χ1n) is 4.34. The molecule has 0 saturated heterocycles. The Balaban J connectivity index is 0.000000980. The molecule has 1 aromatic rings. The standard InChI is InChI=1S/C10H13NO2.ClH/c1-10(6-11)7-12-8-4-2-3-5-9(8)13-10;/h2-5H,6-7,11H2,1H3;1H. The summed E-state index contributed by atoms with van der Waals surface area (Å²) in [5, 5.41) is 0. The van der Waals surface area contributed by atoms with Crippen molar-refractivity contribution in [3.8, 4) is 11.5 Å². The summed E-state index contributed by atoms with van der Waals surface area (Å²) >= 11 is 0. The minimum Gasteiger partial charge on any atom is -0.485 e. The molecule has 78 valence electrons.